The first kappa shape index (κ1) is 20.1. The molecular formula is C25H19FN2O3. The van der Waals surface area contributed by atoms with Gasteiger partial charge in [-0.1, -0.05) is 30.3 Å². The van der Waals surface area contributed by atoms with Crippen LogP contribution >= 0.6 is 0 Å². The number of methoxy groups -OCH3 is 1. The summed E-state index contributed by atoms with van der Waals surface area (Å²) in [7, 11) is 1.59. The van der Waals surface area contributed by atoms with Crippen LogP contribution in [0.2, 0.25) is 0 Å². The van der Waals surface area contributed by atoms with Gasteiger partial charge in [-0.15, -0.1) is 0 Å². The number of aromatic amines is 1. The molecule has 6 heteroatoms. The van der Waals surface area contributed by atoms with Crippen molar-refractivity contribution in [1.82, 2.24) is 9.55 Å². The summed E-state index contributed by atoms with van der Waals surface area (Å²) in [4.78, 5) is 27.9. The van der Waals surface area contributed by atoms with E-state index in [-0.39, 0.29) is 17.3 Å². The number of benzene rings is 3. The highest BCUT2D eigenvalue weighted by Gasteiger charge is 2.10. The van der Waals surface area contributed by atoms with Gasteiger partial charge in [0.05, 0.1) is 18.5 Å². The van der Waals surface area contributed by atoms with Crippen LogP contribution in [0.1, 0.15) is 15.9 Å². The fourth-order valence-corrected chi connectivity index (χ4v) is 3.16. The number of ether oxygens (including phenoxy) is 1. The molecule has 1 N–H and O–H groups in total. The van der Waals surface area contributed by atoms with Crippen LogP contribution in [-0.4, -0.2) is 22.4 Å². The van der Waals surface area contributed by atoms with Gasteiger partial charge in [0, 0.05) is 11.8 Å². The number of allylic oxidation sites excluding steroid dienone is 1. The van der Waals surface area contributed by atoms with Gasteiger partial charge in [-0.25, -0.2) is 9.18 Å². The number of halogens is 1. The average molecular weight is 414 g/mol. The number of carbonyl (C=O) groups is 1. The number of ketones is 1. The highest BCUT2D eigenvalue weighted by Crippen LogP contribution is 2.21. The van der Waals surface area contributed by atoms with E-state index in [1.165, 1.54) is 22.8 Å². The van der Waals surface area contributed by atoms with Crippen molar-refractivity contribution in [2.24, 2.45) is 0 Å². The van der Waals surface area contributed by atoms with E-state index in [4.69, 9.17) is 4.74 Å². The topological polar surface area (TPSA) is 64.1 Å². The molecule has 0 amide bonds. The van der Waals surface area contributed by atoms with E-state index in [9.17, 15) is 14.0 Å². The van der Waals surface area contributed by atoms with E-state index < -0.39 is 0 Å². The minimum Gasteiger partial charge on any atom is -0.497 e. The molecule has 31 heavy (non-hydrogen) atoms. The lowest BCUT2D eigenvalue weighted by Gasteiger charge is -2.03. The van der Waals surface area contributed by atoms with E-state index in [1.54, 1.807) is 55.8 Å². The van der Waals surface area contributed by atoms with Crippen molar-refractivity contribution in [2.45, 2.75) is 0 Å². The Labute approximate surface area is 178 Å². The molecule has 0 atom stereocenters. The minimum absolute atomic E-state index is 0.217. The first-order valence-electron chi connectivity index (χ1n) is 9.58. The molecule has 4 aromatic rings. The van der Waals surface area contributed by atoms with E-state index in [0.29, 0.717) is 16.9 Å². The maximum Gasteiger partial charge on any atom is 0.330 e. The van der Waals surface area contributed by atoms with Gasteiger partial charge in [-0.05, 0) is 65.7 Å². The van der Waals surface area contributed by atoms with Crippen LogP contribution in [0.25, 0.3) is 23.0 Å². The summed E-state index contributed by atoms with van der Waals surface area (Å²) in [5.41, 5.74) is 2.91. The first-order chi connectivity index (χ1) is 15.0. The molecule has 5 nitrogen and oxygen atoms in total. The molecule has 0 aliphatic rings. The largest absolute Gasteiger partial charge is 0.497 e. The molecule has 0 radical (unpaired) electrons. The Hall–Kier alpha value is -4.19. The maximum atomic E-state index is 13.0. The van der Waals surface area contributed by atoms with Crippen LogP contribution in [0.4, 0.5) is 4.39 Å². The molecule has 0 spiro atoms. The Morgan fingerprint density at radius 2 is 1.77 bits per heavy atom. The number of carbonyl (C=O) groups excluding carboxylic acids is 1. The Kier molecular flexibility index (Phi) is 5.62. The van der Waals surface area contributed by atoms with Crippen molar-refractivity contribution < 1.29 is 13.9 Å². The third-order valence-corrected chi connectivity index (χ3v) is 4.83. The van der Waals surface area contributed by atoms with Crippen LogP contribution in [-0.2, 0) is 0 Å². The molecule has 0 aliphatic carbocycles. The molecule has 154 valence electrons. The van der Waals surface area contributed by atoms with Gasteiger partial charge in [0.1, 0.15) is 11.6 Å². The normalized spacial score (nSPS) is 11.0. The lowest BCUT2D eigenvalue weighted by molar-refractivity contribution is 0.104. The molecule has 0 saturated heterocycles. The molecule has 3 aromatic carbocycles. The highest BCUT2D eigenvalue weighted by molar-refractivity contribution is 6.07. The maximum absolute atomic E-state index is 13.0. The van der Waals surface area contributed by atoms with Gasteiger partial charge in [0.2, 0.25) is 0 Å². The van der Waals surface area contributed by atoms with E-state index >= 15 is 0 Å². The molecular weight excluding hydrogens is 395 g/mol. The number of hydrogen-bond donors (Lipinski definition) is 1. The Bertz CT molecular complexity index is 1300. The first-order valence-corrected chi connectivity index (χ1v) is 9.58. The summed E-state index contributed by atoms with van der Waals surface area (Å²) in [6.45, 7) is 0. The Morgan fingerprint density at radius 3 is 2.48 bits per heavy atom. The standard InChI is InChI=1S/C25H19FN2O3/c1-31-22-12-8-18(9-13-22)23-16-28(25(30)27-23)21-4-2-3-19(15-21)24(29)14-7-17-5-10-20(26)11-6-17/h2-16H,1H3,(H,27,30)/b14-7+. The fraction of sp³-hybridized carbons (Fsp3) is 0.0400. The van der Waals surface area contributed by atoms with Crippen molar-refractivity contribution in [1.29, 1.82) is 0 Å². The number of rotatable bonds is 6. The molecule has 0 unspecified atom stereocenters. The number of nitrogens with zero attached hydrogens (tertiary/aromatic N) is 1. The van der Waals surface area contributed by atoms with Crippen molar-refractivity contribution >= 4 is 11.9 Å². The SMILES string of the molecule is COc1ccc(-c2cn(-c3cccc(C(=O)/C=C/c4ccc(F)cc4)c3)c(=O)[nH]2)cc1. The number of H-pyrrole nitrogens is 1. The summed E-state index contributed by atoms with van der Waals surface area (Å²) in [6, 6.07) is 20.0. The second-order valence-corrected chi connectivity index (χ2v) is 6.87. The molecule has 0 saturated carbocycles. The van der Waals surface area contributed by atoms with Gasteiger partial charge >= 0.3 is 5.69 Å². The second kappa shape index (κ2) is 8.67. The number of aromatic nitrogens is 2. The number of nitrogens with one attached hydrogen (secondary N) is 1. The summed E-state index contributed by atoms with van der Waals surface area (Å²) >= 11 is 0. The molecule has 1 aromatic heterocycles. The quantitative estimate of drug-likeness (QED) is 0.361. The zero-order valence-corrected chi connectivity index (χ0v) is 16.7. The van der Waals surface area contributed by atoms with Gasteiger partial charge in [0.25, 0.3) is 0 Å². The van der Waals surface area contributed by atoms with Crippen LogP contribution in [0.3, 0.4) is 0 Å². The lowest BCUT2D eigenvalue weighted by Crippen LogP contribution is -2.14. The summed E-state index contributed by atoms with van der Waals surface area (Å²) < 4.78 is 19.6. The number of hydrogen-bond acceptors (Lipinski definition) is 3. The van der Waals surface area contributed by atoms with Crippen LogP contribution in [0, 0.1) is 5.82 Å². The zero-order valence-electron chi connectivity index (χ0n) is 16.7. The molecule has 1 heterocycles. The predicted molar refractivity (Wildman–Crippen MR) is 118 cm³/mol. The Balaban J connectivity index is 1.59. The Morgan fingerprint density at radius 1 is 1.03 bits per heavy atom. The van der Waals surface area contributed by atoms with E-state index in [2.05, 4.69) is 4.98 Å². The summed E-state index contributed by atoms with van der Waals surface area (Å²) in [5, 5.41) is 0. The van der Waals surface area contributed by atoms with Crippen LogP contribution in [0.5, 0.6) is 5.75 Å². The fourth-order valence-electron chi connectivity index (χ4n) is 3.16. The van der Waals surface area contributed by atoms with E-state index in [1.807, 2.05) is 24.3 Å². The monoisotopic (exact) mass is 414 g/mol. The van der Waals surface area contributed by atoms with Gasteiger partial charge < -0.3 is 9.72 Å². The van der Waals surface area contributed by atoms with Crippen molar-refractivity contribution in [2.75, 3.05) is 7.11 Å². The molecule has 0 fully saturated rings. The van der Waals surface area contributed by atoms with Gasteiger partial charge in [-0.3, -0.25) is 9.36 Å². The predicted octanol–water partition coefficient (Wildman–Crippen LogP) is 4.88. The molecule has 0 aliphatic heterocycles. The second-order valence-electron chi connectivity index (χ2n) is 6.87. The summed E-state index contributed by atoms with van der Waals surface area (Å²) in [6.07, 6.45) is 4.75. The molecule has 4 rings (SSSR count). The van der Waals surface area contributed by atoms with E-state index in [0.717, 1.165) is 16.9 Å². The van der Waals surface area contributed by atoms with Gasteiger partial charge in [0.15, 0.2) is 5.78 Å². The summed E-state index contributed by atoms with van der Waals surface area (Å²) in [5.74, 6) is 0.178. The molecule has 0 bridgehead atoms. The van der Waals surface area contributed by atoms with Crippen molar-refractivity contribution in [3.8, 4) is 22.7 Å². The smallest absolute Gasteiger partial charge is 0.330 e. The lowest BCUT2D eigenvalue weighted by atomic mass is 10.1. The van der Waals surface area contributed by atoms with Gasteiger partial charge in [-0.2, -0.15) is 0 Å². The van der Waals surface area contributed by atoms with Crippen molar-refractivity contribution in [3.05, 3.63) is 112 Å². The third kappa shape index (κ3) is 4.53. The highest BCUT2D eigenvalue weighted by atomic mass is 19.1. The van der Waals surface area contributed by atoms with Crippen LogP contribution in [0.15, 0.2) is 89.9 Å². The third-order valence-electron chi connectivity index (χ3n) is 4.83. The number of imidazole rings is 1. The van der Waals surface area contributed by atoms with Crippen molar-refractivity contribution in [3.63, 3.8) is 0 Å². The minimum atomic E-state index is -0.331. The zero-order chi connectivity index (χ0) is 21.8. The average Bonchev–Trinajstić information content (AvgIpc) is 3.20. The van der Waals surface area contributed by atoms with Crippen LogP contribution < -0.4 is 10.4 Å².